The molecule has 0 fully saturated rings. The van der Waals surface area contributed by atoms with Gasteiger partial charge in [0.15, 0.2) is 6.29 Å². The van der Waals surface area contributed by atoms with Gasteiger partial charge < -0.3 is 0 Å². The molecule has 3 aromatic carbocycles. The van der Waals surface area contributed by atoms with Crippen molar-refractivity contribution < 1.29 is 9.18 Å². The van der Waals surface area contributed by atoms with Crippen molar-refractivity contribution in [2.75, 3.05) is 0 Å². The first-order chi connectivity index (χ1) is 9.31. The second-order valence-electron chi connectivity index (χ2n) is 4.35. The Hall–Kier alpha value is -2.48. The van der Waals surface area contributed by atoms with Crippen LogP contribution in [0.2, 0.25) is 0 Å². The molecule has 3 aromatic rings. The normalized spacial score (nSPS) is 10.6. The first kappa shape index (κ1) is 11.6. The molecule has 0 saturated carbocycles. The van der Waals surface area contributed by atoms with E-state index in [1.54, 1.807) is 42.5 Å². The fourth-order valence-electron chi connectivity index (χ4n) is 2.29. The quantitative estimate of drug-likeness (QED) is 0.614. The summed E-state index contributed by atoms with van der Waals surface area (Å²) in [5.74, 6) is -0.285. The molecule has 19 heavy (non-hydrogen) atoms. The molecular formula is C17H11FO. The van der Waals surface area contributed by atoms with Crippen molar-refractivity contribution in [3.63, 3.8) is 0 Å². The van der Waals surface area contributed by atoms with Crippen molar-refractivity contribution in [3.8, 4) is 11.1 Å². The predicted octanol–water partition coefficient (Wildman–Crippen LogP) is 4.46. The van der Waals surface area contributed by atoms with Gasteiger partial charge in [-0.05, 0) is 10.9 Å². The van der Waals surface area contributed by atoms with Crippen LogP contribution in [0.5, 0.6) is 0 Å². The molecule has 92 valence electrons. The summed E-state index contributed by atoms with van der Waals surface area (Å²) in [6, 6.07) is 17.9. The van der Waals surface area contributed by atoms with Crippen molar-refractivity contribution in [3.05, 3.63) is 72.0 Å². The molecule has 0 atom stereocenters. The van der Waals surface area contributed by atoms with E-state index in [1.807, 2.05) is 18.2 Å². The van der Waals surface area contributed by atoms with Crippen LogP contribution in [-0.4, -0.2) is 6.29 Å². The Morgan fingerprint density at radius 2 is 1.53 bits per heavy atom. The van der Waals surface area contributed by atoms with Gasteiger partial charge in [0.1, 0.15) is 5.82 Å². The highest BCUT2D eigenvalue weighted by Crippen LogP contribution is 2.30. The summed E-state index contributed by atoms with van der Waals surface area (Å²) in [5.41, 5.74) is 1.58. The first-order valence-corrected chi connectivity index (χ1v) is 6.03. The van der Waals surface area contributed by atoms with Crippen LogP contribution in [0, 0.1) is 5.82 Å². The lowest BCUT2D eigenvalue weighted by molar-refractivity contribution is 0.112. The molecule has 0 unspecified atom stereocenters. The first-order valence-electron chi connectivity index (χ1n) is 6.03. The Morgan fingerprint density at radius 3 is 2.37 bits per heavy atom. The highest BCUT2D eigenvalue weighted by atomic mass is 19.1. The maximum absolute atomic E-state index is 14.6. The van der Waals surface area contributed by atoms with Gasteiger partial charge in [-0.2, -0.15) is 0 Å². The van der Waals surface area contributed by atoms with E-state index in [4.69, 9.17) is 0 Å². The van der Waals surface area contributed by atoms with Crippen LogP contribution >= 0.6 is 0 Å². The molecule has 0 aliphatic rings. The third-order valence-electron chi connectivity index (χ3n) is 3.24. The number of carbonyl (C=O) groups is 1. The van der Waals surface area contributed by atoms with Gasteiger partial charge in [0.05, 0.1) is 0 Å². The van der Waals surface area contributed by atoms with Gasteiger partial charge in [0.2, 0.25) is 0 Å². The zero-order valence-corrected chi connectivity index (χ0v) is 10.1. The fourth-order valence-corrected chi connectivity index (χ4v) is 2.29. The Labute approximate surface area is 110 Å². The smallest absolute Gasteiger partial charge is 0.150 e. The van der Waals surface area contributed by atoms with Crippen molar-refractivity contribution in [2.45, 2.75) is 0 Å². The summed E-state index contributed by atoms with van der Waals surface area (Å²) in [7, 11) is 0. The molecule has 0 spiro atoms. The Kier molecular flexibility index (Phi) is 2.84. The minimum atomic E-state index is -0.285. The van der Waals surface area contributed by atoms with Gasteiger partial charge in [0.25, 0.3) is 0 Å². The van der Waals surface area contributed by atoms with Crippen LogP contribution in [-0.2, 0) is 0 Å². The summed E-state index contributed by atoms with van der Waals surface area (Å²) in [5, 5.41) is 1.42. The van der Waals surface area contributed by atoms with E-state index in [0.717, 1.165) is 11.7 Å². The predicted molar refractivity (Wildman–Crippen MR) is 74.7 cm³/mol. The average Bonchev–Trinajstić information content (AvgIpc) is 2.48. The largest absolute Gasteiger partial charge is 0.298 e. The fraction of sp³-hybridized carbons (Fsp3) is 0. The molecule has 0 radical (unpaired) electrons. The van der Waals surface area contributed by atoms with Crippen LogP contribution in [0.1, 0.15) is 10.4 Å². The maximum atomic E-state index is 14.6. The van der Waals surface area contributed by atoms with Crippen molar-refractivity contribution in [1.82, 2.24) is 0 Å². The van der Waals surface area contributed by atoms with Crippen molar-refractivity contribution in [2.24, 2.45) is 0 Å². The number of hydrogen-bond acceptors (Lipinski definition) is 1. The van der Waals surface area contributed by atoms with Gasteiger partial charge in [-0.25, -0.2) is 4.39 Å². The lowest BCUT2D eigenvalue weighted by atomic mass is 9.97. The summed E-state index contributed by atoms with van der Waals surface area (Å²) in [6.07, 6.45) is 0.754. The molecule has 0 saturated heterocycles. The van der Waals surface area contributed by atoms with E-state index < -0.39 is 0 Å². The van der Waals surface area contributed by atoms with E-state index in [9.17, 15) is 9.18 Å². The lowest BCUT2D eigenvalue weighted by Gasteiger charge is -2.08. The van der Waals surface area contributed by atoms with Crippen LogP contribution in [0.15, 0.2) is 60.7 Å². The van der Waals surface area contributed by atoms with Crippen LogP contribution in [0.25, 0.3) is 21.9 Å². The third-order valence-corrected chi connectivity index (χ3v) is 3.24. The zero-order chi connectivity index (χ0) is 13.2. The van der Waals surface area contributed by atoms with Gasteiger partial charge in [-0.1, -0.05) is 60.7 Å². The molecular weight excluding hydrogens is 239 g/mol. The summed E-state index contributed by atoms with van der Waals surface area (Å²) >= 11 is 0. The monoisotopic (exact) mass is 250 g/mol. The van der Waals surface area contributed by atoms with Crippen LogP contribution in [0.3, 0.4) is 0 Å². The Bertz CT molecular complexity index is 762. The number of aldehydes is 1. The molecule has 1 nitrogen and oxygen atoms in total. The highest BCUT2D eigenvalue weighted by Gasteiger charge is 2.11. The average molecular weight is 250 g/mol. The molecule has 0 bridgehead atoms. The van der Waals surface area contributed by atoms with E-state index in [2.05, 4.69) is 0 Å². The van der Waals surface area contributed by atoms with E-state index in [-0.39, 0.29) is 5.82 Å². The number of carbonyl (C=O) groups excluding carboxylic acids is 1. The number of halogens is 1. The van der Waals surface area contributed by atoms with Crippen molar-refractivity contribution in [1.29, 1.82) is 0 Å². The Morgan fingerprint density at radius 1 is 0.789 bits per heavy atom. The van der Waals surface area contributed by atoms with Gasteiger partial charge in [0, 0.05) is 16.5 Å². The summed E-state index contributed by atoms with van der Waals surface area (Å²) in [4.78, 5) is 11.1. The minimum Gasteiger partial charge on any atom is -0.298 e. The number of hydrogen-bond donors (Lipinski definition) is 0. The molecule has 0 aliphatic carbocycles. The van der Waals surface area contributed by atoms with E-state index >= 15 is 0 Å². The number of rotatable bonds is 2. The van der Waals surface area contributed by atoms with E-state index in [0.29, 0.717) is 22.1 Å². The summed E-state index contributed by atoms with van der Waals surface area (Å²) in [6.45, 7) is 0. The topological polar surface area (TPSA) is 17.1 Å². The van der Waals surface area contributed by atoms with Crippen molar-refractivity contribution >= 4 is 17.1 Å². The molecule has 0 aliphatic heterocycles. The maximum Gasteiger partial charge on any atom is 0.150 e. The van der Waals surface area contributed by atoms with E-state index in [1.165, 1.54) is 0 Å². The number of benzene rings is 3. The lowest BCUT2D eigenvalue weighted by Crippen LogP contribution is -1.91. The standard InChI is InChI=1S/C17H11FO/c18-17-15-8-4-1-5-12(15)9-10-16(17)14-7-3-2-6-13(14)11-19/h1-11H. The third kappa shape index (κ3) is 1.91. The minimum absolute atomic E-state index is 0.285. The Balaban J connectivity index is 2.31. The summed E-state index contributed by atoms with van der Waals surface area (Å²) < 4.78 is 14.6. The molecule has 0 aromatic heterocycles. The second kappa shape index (κ2) is 4.65. The van der Waals surface area contributed by atoms with Gasteiger partial charge in [-0.15, -0.1) is 0 Å². The molecule has 3 rings (SSSR count). The van der Waals surface area contributed by atoms with Crippen LogP contribution < -0.4 is 0 Å². The SMILES string of the molecule is O=Cc1ccccc1-c1ccc2ccccc2c1F. The van der Waals surface area contributed by atoms with Gasteiger partial charge in [-0.3, -0.25) is 4.79 Å². The van der Waals surface area contributed by atoms with Crippen LogP contribution in [0.4, 0.5) is 4.39 Å². The number of fused-ring (bicyclic) bond motifs is 1. The molecule has 0 N–H and O–H groups in total. The second-order valence-corrected chi connectivity index (χ2v) is 4.35. The molecule has 2 heteroatoms. The molecule has 0 heterocycles. The molecule has 0 amide bonds. The highest BCUT2D eigenvalue weighted by molar-refractivity contribution is 5.93. The zero-order valence-electron chi connectivity index (χ0n) is 10.1. The van der Waals surface area contributed by atoms with Gasteiger partial charge >= 0.3 is 0 Å².